The number of amides is 1. The van der Waals surface area contributed by atoms with Gasteiger partial charge in [-0.15, -0.1) is 0 Å². The maximum absolute atomic E-state index is 12.4. The van der Waals surface area contributed by atoms with E-state index in [-0.39, 0.29) is 35.4 Å². The van der Waals surface area contributed by atoms with Crippen LogP contribution in [0.3, 0.4) is 0 Å². The van der Waals surface area contributed by atoms with Crippen LogP contribution in [0.4, 0.5) is 0 Å². The summed E-state index contributed by atoms with van der Waals surface area (Å²) in [5.74, 6) is 0.287. The fraction of sp³-hybridized carbons (Fsp3) is 0.611. The van der Waals surface area contributed by atoms with E-state index in [0.29, 0.717) is 13.1 Å². The fourth-order valence-electron chi connectivity index (χ4n) is 3.71. The molecule has 24 heavy (non-hydrogen) atoms. The van der Waals surface area contributed by atoms with Gasteiger partial charge in [-0.1, -0.05) is 38.1 Å². The van der Waals surface area contributed by atoms with Crippen LogP contribution in [0, 0.1) is 0 Å². The van der Waals surface area contributed by atoms with Gasteiger partial charge in [0.2, 0.25) is 5.91 Å². The van der Waals surface area contributed by atoms with Crippen molar-refractivity contribution in [2.24, 2.45) is 0 Å². The number of nitrogens with one attached hydrogen (secondary N) is 1. The van der Waals surface area contributed by atoms with E-state index in [9.17, 15) is 13.2 Å². The molecule has 1 fully saturated rings. The summed E-state index contributed by atoms with van der Waals surface area (Å²) in [6.45, 7) is 5.67. The van der Waals surface area contributed by atoms with Crippen LogP contribution in [0.5, 0.6) is 0 Å². The largest absolute Gasteiger partial charge is 0.348 e. The van der Waals surface area contributed by atoms with Crippen molar-refractivity contribution in [1.29, 1.82) is 0 Å². The van der Waals surface area contributed by atoms with Crippen molar-refractivity contribution in [2.75, 3.05) is 31.1 Å². The van der Waals surface area contributed by atoms with Crippen molar-refractivity contribution in [1.82, 2.24) is 10.2 Å². The van der Waals surface area contributed by atoms with Crippen LogP contribution in [0.2, 0.25) is 0 Å². The third kappa shape index (κ3) is 3.81. The number of sulfone groups is 1. The highest BCUT2D eigenvalue weighted by Gasteiger charge is 2.33. The van der Waals surface area contributed by atoms with E-state index in [1.807, 2.05) is 11.0 Å². The summed E-state index contributed by atoms with van der Waals surface area (Å²) in [5.41, 5.74) is 2.66. The van der Waals surface area contributed by atoms with Crippen molar-refractivity contribution < 1.29 is 13.2 Å². The molecule has 0 aromatic heterocycles. The summed E-state index contributed by atoms with van der Waals surface area (Å²) in [7, 11) is -2.91. The van der Waals surface area contributed by atoms with Gasteiger partial charge in [0, 0.05) is 13.1 Å². The van der Waals surface area contributed by atoms with Gasteiger partial charge in [0.15, 0.2) is 9.84 Å². The van der Waals surface area contributed by atoms with Gasteiger partial charge in [-0.2, -0.15) is 0 Å². The first-order chi connectivity index (χ1) is 11.3. The molecule has 6 heteroatoms. The summed E-state index contributed by atoms with van der Waals surface area (Å²) in [6.07, 6.45) is 1.97. The number of benzene rings is 1. The molecular formula is C18H26N2O3S. The predicted octanol–water partition coefficient (Wildman–Crippen LogP) is 1.65. The zero-order valence-corrected chi connectivity index (χ0v) is 15.2. The summed E-state index contributed by atoms with van der Waals surface area (Å²) < 4.78 is 22.9. The van der Waals surface area contributed by atoms with Gasteiger partial charge in [0.05, 0.1) is 24.1 Å². The Hall–Kier alpha value is -1.40. The second-order valence-corrected chi connectivity index (χ2v) is 9.86. The van der Waals surface area contributed by atoms with Gasteiger partial charge in [-0.05, 0) is 29.4 Å². The lowest BCUT2D eigenvalue weighted by Gasteiger charge is -2.37. The highest BCUT2D eigenvalue weighted by atomic mass is 32.2. The minimum Gasteiger partial charge on any atom is -0.348 e. The lowest BCUT2D eigenvalue weighted by molar-refractivity contribution is -0.123. The smallest absolute Gasteiger partial charge is 0.234 e. The van der Waals surface area contributed by atoms with E-state index >= 15 is 0 Å². The Morgan fingerprint density at radius 1 is 1.25 bits per heavy atom. The SMILES string of the molecule is CC1(C)CC[C@@H](NC(=O)CN2CCS(=O)(=O)CC2)c2ccccc21. The number of hydrogen-bond acceptors (Lipinski definition) is 4. The molecule has 1 heterocycles. The maximum atomic E-state index is 12.4. The highest BCUT2D eigenvalue weighted by Crippen LogP contribution is 2.41. The molecule has 0 unspecified atom stereocenters. The van der Waals surface area contributed by atoms with Crippen LogP contribution >= 0.6 is 0 Å². The summed E-state index contributed by atoms with van der Waals surface area (Å²) in [5, 5.41) is 3.15. The Morgan fingerprint density at radius 2 is 1.92 bits per heavy atom. The van der Waals surface area contributed by atoms with Crippen LogP contribution in [0.15, 0.2) is 24.3 Å². The molecule has 1 N–H and O–H groups in total. The van der Waals surface area contributed by atoms with Gasteiger partial charge in [-0.25, -0.2) is 8.42 Å². The monoisotopic (exact) mass is 350 g/mol. The molecule has 5 nitrogen and oxygen atoms in total. The number of hydrogen-bond donors (Lipinski definition) is 1. The molecule has 1 saturated heterocycles. The molecule has 0 saturated carbocycles. The Morgan fingerprint density at radius 3 is 2.62 bits per heavy atom. The molecule has 0 radical (unpaired) electrons. The van der Waals surface area contributed by atoms with Gasteiger partial charge in [0.25, 0.3) is 0 Å². The van der Waals surface area contributed by atoms with E-state index in [1.165, 1.54) is 11.1 Å². The first kappa shape index (κ1) is 17.4. The van der Waals surface area contributed by atoms with Crippen molar-refractivity contribution in [3.05, 3.63) is 35.4 Å². The molecule has 3 rings (SSSR count). The van der Waals surface area contributed by atoms with Crippen LogP contribution < -0.4 is 5.32 Å². The first-order valence-electron chi connectivity index (χ1n) is 8.58. The lowest BCUT2D eigenvalue weighted by Crippen LogP contribution is -2.46. The van der Waals surface area contributed by atoms with E-state index in [4.69, 9.17) is 0 Å². The summed E-state index contributed by atoms with van der Waals surface area (Å²) >= 11 is 0. The number of carbonyl (C=O) groups is 1. The number of nitrogens with zero attached hydrogens (tertiary/aromatic N) is 1. The standard InChI is InChI=1S/C18H26N2O3S/c1-18(2)8-7-16(14-5-3-4-6-15(14)18)19-17(21)13-20-9-11-24(22,23)12-10-20/h3-6,16H,7-13H2,1-2H3,(H,19,21)/t16-/m1/s1. The molecular weight excluding hydrogens is 324 g/mol. The van der Waals surface area contributed by atoms with Gasteiger partial charge >= 0.3 is 0 Å². The van der Waals surface area contributed by atoms with Gasteiger partial charge in [-0.3, -0.25) is 9.69 Å². The second kappa shape index (κ2) is 6.48. The zero-order valence-electron chi connectivity index (χ0n) is 14.4. The minimum absolute atomic E-state index is 0.0196. The third-order valence-electron chi connectivity index (χ3n) is 5.26. The summed E-state index contributed by atoms with van der Waals surface area (Å²) in [6, 6.07) is 8.39. The first-order valence-corrected chi connectivity index (χ1v) is 10.4. The van der Waals surface area contributed by atoms with Crippen LogP contribution in [-0.2, 0) is 20.0 Å². The molecule has 1 atom stereocenters. The molecule has 132 valence electrons. The minimum atomic E-state index is -2.91. The molecule has 2 aliphatic rings. The topological polar surface area (TPSA) is 66.5 Å². The van der Waals surface area contributed by atoms with Gasteiger partial charge in [0.1, 0.15) is 0 Å². The highest BCUT2D eigenvalue weighted by molar-refractivity contribution is 7.91. The molecule has 1 aromatic rings. The van der Waals surface area contributed by atoms with E-state index in [1.54, 1.807) is 0 Å². The molecule has 1 amide bonds. The number of fused-ring (bicyclic) bond motifs is 1. The van der Waals surface area contributed by atoms with Crippen LogP contribution in [-0.4, -0.2) is 50.4 Å². The third-order valence-corrected chi connectivity index (χ3v) is 6.87. The Labute approximate surface area is 144 Å². The van der Waals surface area contributed by atoms with E-state index in [2.05, 4.69) is 37.4 Å². The molecule has 1 aliphatic heterocycles. The van der Waals surface area contributed by atoms with E-state index in [0.717, 1.165) is 12.8 Å². The van der Waals surface area contributed by atoms with Gasteiger partial charge < -0.3 is 5.32 Å². The van der Waals surface area contributed by atoms with Crippen molar-refractivity contribution in [3.63, 3.8) is 0 Å². The molecule has 0 bridgehead atoms. The second-order valence-electron chi connectivity index (χ2n) is 7.56. The van der Waals surface area contributed by atoms with Crippen molar-refractivity contribution in [2.45, 2.75) is 38.1 Å². The average Bonchev–Trinajstić information content (AvgIpc) is 2.53. The van der Waals surface area contributed by atoms with Crippen molar-refractivity contribution >= 4 is 15.7 Å². The van der Waals surface area contributed by atoms with E-state index < -0.39 is 9.84 Å². The number of rotatable bonds is 3. The number of carbonyl (C=O) groups excluding carboxylic acids is 1. The Bertz CT molecular complexity index is 714. The lowest BCUT2D eigenvalue weighted by atomic mass is 9.71. The average molecular weight is 350 g/mol. The molecule has 0 spiro atoms. The normalized spacial score (nSPS) is 25.7. The summed E-state index contributed by atoms with van der Waals surface area (Å²) in [4.78, 5) is 14.3. The Balaban J connectivity index is 1.63. The van der Waals surface area contributed by atoms with Crippen LogP contribution in [0.25, 0.3) is 0 Å². The zero-order chi connectivity index (χ0) is 17.4. The maximum Gasteiger partial charge on any atom is 0.234 e. The molecule has 1 aromatic carbocycles. The predicted molar refractivity (Wildman–Crippen MR) is 94.7 cm³/mol. The molecule has 1 aliphatic carbocycles. The Kier molecular flexibility index (Phi) is 4.71. The van der Waals surface area contributed by atoms with Crippen LogP contribution in [0.1, 0.15) is 43.9 Å². The quantitative estimate of drug-likeness (QED) is 0.900. The van der Waals surface area contributed by atoms with Crippen molar-refractivity contribution in [3.8, 4) is 0 Å². The fourth-order valence-corrected chi connectivity index (χ4v) is 4.99.